The van der Waals surface area contributed by atoms with Gasteiger partial charge in [0.1, 0.15) is 0 Å². The third-order valence-electron chi connectivity index (χ3n) is 0.690. The van der Waals surface area contributed by atoms with E-state index in [-0.39, 0.29) is 0 Å². The van der Waals surface area contributed by atoms with Gasteiger partial charge in [0.15, 0.2) is 0 Å². The van der Waals surface area contributed by atoms with Crippen molar-refractivity contribution in [1.29, 1.82) is 0 Å². The Morgan fingerprint density at radius 3 is 1.55 bits per heavy atom. The Morgan fingerprint density at radius 1 is 1.09 bits per heavy atom. The lowest BCUT2D eigenvalue weighted by Gasteiger charge is -2.13. The zero-order valence-electron chi connectivity index (χ0n) is 4.72. The second-order valence-corrected chi connectivity index (χ2v) is 3.88. The summed E-state index contributed by atoms with van der Waals surface area (Å²) in [5, 5.41) is 0. The molecule has 0 aromatic rings. The molecule has 11 heavy (non-hydrogen) atoms. The van der Waals surface area contributed by atoms with Crippen LogP contribution in [0.25, 0.3) is 0 Å². The van der Waals surface area contributed by atoms with Crippen LogP contribution in [0.1, 0.15) is 0 Å². The SMILES string of the molecule is FC(F)=C(F)C(F)C(Cl)(Cl)Cl. The summed E-state index contributed by atoms with van der Waals surface area (Å²) in [4.78, 5) is 0. The average molecular weight is 231 g/mol. The molecule has 0 saturated carbocycles. The summed E-state index contributed by atoms with van der Waals surface area (Å²) >= 11 is 14.3. The van der Waals surface area contributed by atoms with E-state index < -0.39 is 21.9 Å². The van der Waals surface area contributed by atoms with Gasteiger partial charge in [0.05, 0.1) is 0 Å². The van der Waals surface area contributed by atoms with Gasteiger partial charge in [-0.3, -0.25) is 0 Å². The van der Waals surface area contributed by atoms with Crippen molar-refractivity contribution in [1.82, 2.24) is 0 Å². The van der Waals surface area contributed by atoms with Gasteiger partial charge >= 0.3 is 6.08 Å². The Labute approximate surface area is 74.7 Å². The molecular formula is C4HCl3F4. The molecule has 0 aliphatic heterocycles. The molecule has 0 aliphatic carbocycles. The van der Waals surface area contributed by atoms with Gasteiger partial charge in [0.25, 0.3) is 0 Å². The third kappa shape index (κ3) is 3.49. The van der Waals surface area contributed by atoms with E-state index in [1.165, 1.54) is 0 Å². The average Bonchev–Trinajstić information content (AvgIpc) is 1.82. The Morgan fingerprint density at radius 2 is 1.45 bits per heavy atom. The molecule has 1 atom stereocenters. The van der Waals surface area contributed by atoms with Crippen molar-refractivity contribution in [3.8, 4) is 0 Å². The summed E-state index contributed by atoms with van der Waals surface area (Å²) in [5.41, 5.74) is 0. The van der Waals surface area contributed by atoms with Crippen LogP contribution in [-0.2, 0) is 0 Å². The molecule has 1 unspecified atom stereocenters. The lowest BCUT2D eigenvalue weighted by Crippen LogP contribution is -2.21. The molecule has 0 fully saturated rings. The summed E-state index contributed by atoms with van der Waals surface area (Å²) < 4.78 is 44.1. The fourth-order valence-electron chi connectivity index (χ4n) is 0.239. The van der Waals surface area contributed by atoms with Gasteiger partial charge in [-0.25, -0.2) is 8.78 Å². The topological polar surface area (TPSA) is 0 Å². The minimum absolute atomic E-state index is 2.36. The zero-order chi connectivity index (χ0) is 9.23. The second kappa shape index (κ2) is 3.83. The van der Waals surface area contributed by atoms with Gasteiger partial charge < -0.3 is 0 Å². The van der Waals surface area contributed by atoms with Crippen molar-refractivity contribution in [3.05, 3.63) is 11.9 Å². The highest BCUT2D eigenvalue weighted by molar-refractivity contribution is 6.68. The smallest absolute Gasteiger partial charge is 0.235 e. The lowest BCUT2D eigenvalue weighted by molar-refractivity contribution is 0.283. The van der Waals surface area contributed by atoms with Gasteiger partial charge in [-0.2, -0.15) is 8.78 Å². The van der Waals surface area contributed by atoms with Crippen LogP contribution in [0.2, 0.25) is 0 Å². The van der Waals surface area contributed by atoms with Crippen molar-refractivity contribution < 1.29 is 17.6 Å². The van der Waals surface area contributed by atoms with Crippen LogP contribution in [0, 0.1) is 0 Å². The van der Waals surface area contributed by atoms with Gasteiger partial charge in [-0.1, -0.05) is 34.8 Å². The van der Waals surface area contributed by atoms with Crippen molar-refractivity contribution in [2.45, 2.75) is 9.96 Å². The van der Waals surface area contributed by atoms with Crippen molar-refractivity contribution in [2.75, 3.05) is 0 Å². The molecule has 7 heteroatoms. The molecule has 0 N–H and O–H groups in total. The molecule has 0 aliphatic rings. The van der Waals surface area contributed by atoms with Crippen LogP contribution < -0.4 is 0 Å². The van der Waals surface area contributed by atoms with Crippen LogP contribution in [0.4, 0.5) is 17.6 Å². The van der Waals surface area contributed by atoms with Crippen LogP contribution in [-0.4, -0.2) is 9.96 Å². The zero-order valence-corrected chi connectivity index (χ0v) is 6.99. The molecule has 0 amide bonds. The first-order valence-electron chi connectivity index (χ1n) is 2.18. The van der Waals surface area contributed by atoms with E-state index in [9.17, 15) is 17.6 Å². The standard InChI is InChI=1S/C4HCl3F4/c5-4(6,7)2(9)1(8)3(10)11/h2H. The van der Waals surface area contributed by atoms with Crippen molar-refractivity contribution >= 4 is 34.8 Å². The monoisotopic (exact) mass is 230 g/mol. The summed E-state index contributed by atoms with van der Waals surface area (Å²) in [6.45, 7) is 0. The summed E-state index contributed by atoms with van der Waals surface area (Å²) in [7, 11) is 0. The Hall–Kier alpha value is 0.330. The maximum atomic E-state index is 12.2. The number of hydrogen-bond acceptors (Lipinski definition) is 0. The maximum Gasteiger partial charge on any atom is 0.304 e. The number of halogens is 7. The first kappa shape index (κ1) is 11.3. The normalized spacial score (nSPS) is 14.5. The van der Waals surface area contributed by atoms with Crippen LogP contribution >= 0.6 is 34.8 Å². The molecule has 66 valence electrons. The number of hydrogen-bond donors (Lipinski definition) is 0. The predicted octanol–water partition coefficient (Wildman–Crippen LogP) is 3.77. The quantitative estimate of drug-likeness (QED) is 0.476. The van der Waals surface area contributed by atoms with Crippen LogP contribution in [0.5, 0.6) is 0 Å². The number of rotatable bonds is 1. The van der Waals surface area contributed by atoms with Crippen molar-refractivity contribution in [2.24, 2.45) is 0 Å². The molecule has 0 spiro atoms. The minimum Gasteiger partial charge on any atom is -0.235 e. The van der Waals surface area contributed by atoms with E-state index >= 15 is 0 Å². The van der Waals surface area contributed by atoms with Gasteiger partial charge in [-0.15, -0.1) is 0 Å². The van der Waals surface area contributed by atoms with Crippen molar-refractivity contribution in [3.63, 3.8) is 0 Å². The first-order chi connectivity index (χ1) is 4.76. The predicted molar refractivity (Wildman–Crippen MR) is 35.5 cm³/mol. The molecular weight excluding hydrogens is 230 g/mol. The molecule has 0 radical (unpaired) electrons. The molecule has 0 saturated heterocycles. The third-order valence-corrected chi connectivity index (χ3v) is 1.27. The van der Waals surface area contributed by atoms with E-state index in [1.54, 1.807) is 0 Å². The van der Waals surface area contributed by atoms with E-state index in [0.29, 0.717) is 0 Å². The van der Waals surface area contributed by atoms with Crippen LogP contribution in [0.3, 0.4) is 0 Å². The molecule has 0 rings (SSSR count). The molecule has 0 aromatic carbocycles. The highest BCUT2D eigenvalue weighted by atomic mass is 35.6. The Balaban J connectivity index is 4.52. The lowest BCUT2D eigenvalue weighted by atomic mass is 10.4. The fourth-order valence-corrected chi connectivity index (χ4v) is 0.527. The largest absolute Gasteiger partial charge is 0.304 e. The summed E-state index contributed by atoms with van der Waals surface area (Å²) in [5.74, 6) is -2.36. The Bertz CT molecular complexity index is 169. The highest BCUT2D eigenvalue weighted by Gasteiger charge is 2.38. The van der Waals surface area contributed by atoms with Gasteiger partial charge in [0, 0.05) is 0 Å². The van der Waals surface area contributed by atoms with Gasteiger partial charge in [-0.05, 0) is 0 Å². The number of alkyl halides is 4. The minimum atomic E-state index is -2.93. The molecule has 0 heterocycles. The summed E-state index contributed by atoms with van der Waals surface area (Å²) in [6.07, 6.45) is -5.76. The van der Waals surface area contributed by atoms with E-state index in [2.05, 4.69) is 0 Å². The second-order valence-electron chi connectivity index (χ2n) is 1.51. The fraction of sp³-hybridized carbons (Fsp3) is 0.500. The van der Waals surface area contributed by atoms with E-state index in [0.717, 1.165) is 0 Å². The van der Waals surface area contributed by atoms with Crippen LogP contribution in [0.15, 0.2) is 11.9 Å². The maximum absolute atomic E-state index is 12.2. The molecule has 0 aromatic heterocycles. The van der Waals surface area contributed by atoms with E-state index in [1.807, 2.05) is 0 Å². The van der Waals surface area contributed by atoms with Gasteiger partial charge in [0.2, 0.25) is 15.8 Å². The van der Waals surface area contributed by atoms with E-state index in [4.69, 9.17) is 34.8 Å². The first-order valence-corrected chi connectivity index (χ1v) is 3.31. The Kier molecular flexibility index (Phi) is 3.94. The molecule has 0 nitrogen and oxygen atoms in total. The summed E-state index contributed by atoms with van der Waals surface area (Å²) in [6, 6.07) is 0. The number of allylic oxidation sites excluding steroid dienone is 1. The molecule has 0 bridgehead atoms. The highest BCUT2D eigenvalue weighted by Crippen LogP contribution is 2.37.